The molecule has 0 radical (unpaired) electrons. The Bertz CT molecular complexity index is 3590. The fourth-order valence-electron chi connectivity index (χ4n) is 15.8. The van der Waals surface area contributed by atoms with E-state index >= 15 is 0 Å². The monoisotopic (exact) mass is 2040 g/mol. The number of ether oxygens (including phenoxy) is 12. The Morgan fingerprint density at radius 3 is 0.655 bits per heavy atom. The van der Waals surface area contributed by atoms with E-state index in [4.69, 9.17) is 123 Å². The van der Waals surface area contributed by atoms with Crippen molar-refractivity contribution >= 4 is 83.2 Å². The summed E-state index contributed by atoms with van der Waals surface area (Å²) < 4.78 is 63.2. The second kappa shape index (κ2) is 74.8. The lowest BCUT2D eigenvalue weighted by molar-refractivity contribution is -0.149. The van der Waals surface area contributed by atoms with Crippen molar-refractivity contribution in [2.24, 2.45) is 81.4 Å². The molecule has 824 valence electrons. The molecule has 0 aromatic heterocycles. The van der Waals surface area contributed by atoms with E-state index in [2.05, 4.69) is 31.9 Å². The Hall–Kier alpha value is -8.06. The van der Waals surface area contributed by atoms with Crippen LogP contribution in [0.1, 0.15) is 291 Å². The first-order valence-electron chi connectivity index (χ1n) is 51.5. The van der Waals surface area contributed by atoms with Gasteiger partial charge >= 0.3 is 47.8 Å². The van der Waals surface area contributed by atoms with Crippen molar-refractivity contribution in [2.75, 3.05) is 79.3 Å². The third-order valence-electron chi connectivity index (χ3n) is 24.9. The molecular weight excluding hydrogens is 1850 g/mol. The highest BCUT2D eigenvalue weighted by atomic mass is 16.6. The predicted octanol–water partition coefficient (Wildman–Crippen LogP) is 4.06. The van der Waals surface area contributed by atoms with Gasteiger partial charge in [0.25, 0.3) is 0 Å². The number of aliphatic carboxylic acids is 4. The van der Waals surface area contributed by atoms with Crippen LogP contribution in [0.5, 0.6) is 0 Å². The van der Waals surface area contributed by atoms with Gasteiger partial charge in [0.15, 0.2) is 0 Å². The zero-order valence-electron chi connectivity index (χ0n) is 87.5. The van der Waals surface area contributed by atoms with Gasteiger partial charge < -0.3 is 155 Å². The summed E-state index contributed by atoms with van der Waals surface area (Å²) in [5, 5.41) is 51.5. The molecule has 0 aromatic rings. The Balaban J connectivity index is 0.000000816. The number of hydrogen-bond donors (Lipinski definition) is 18. The summed E-state index contributed by atoms with van der Waals surface area (Å²) in [6.07, 6.45) is 21.0. The zero-order chi connectivity index (χ0) is 107. The molecule has 24 atom stereocenters. The van der Waals surface area contributed by atoms with Crippen LogP contribution in [0.25, 0.3) is 0 Å². The smallest absolute Gasteiger partial charge is 0.328 e. The summed E-state index contributed by atoms with van der Waals surface area (Å²) in [4.78, 5) is 162. The van der Waals surface area contributed by atoms with Crippen molar-refractivity contribution in [3.05, 3.63) is 0 Å². The van der Waals surface area contributed by atoms with E-state index in [1.165, 1.54) is 0 Å². The van der Waals surface area contributed by atoms with E-state index in [-0.39, 0.29) is 116 Å². The van der Waals surface area contributed by atoms with Crippen molar-refractivity contribution in [1.29, 1.82) is 0 Å². The predicted molar refractivity (Wildman–Crippen MR) is 529 cm³/mol. The molecule has 8 rings (SSSR count). The van der Waals surface area contributed by atoms with E-state index in [0.717, 1.165) is 129 Å². The van der Waals surface area contributed by atoms with Gasteiger partial charge in [0, 0.05) is 91.4 Å². The second-order valence-electron chi connectivity index (χ2n) is 38.7. The zero-order valence-corrected chi connectivity index (χ0v) is 87.5. The summed E-state index contributed by atoms with van der Waals surface area (Å²) in [6, 6.07) is -9.98. The quantitative estimate of drug-likeness (QED) is 0.0301. The topological polar surface area (TPSA) is 711 Å². The van der Waals surface area contributed by atoms with Gasteiger partial charge in [-0.1, -0.05) is 95.9 Å². The maximum atomic E-state index is 12.2. The van der Waals surface area contributed by atoms with E-state index in [1.54, 1.807) is 27.7 Å². The van der Waals surface area contributed by atoms with Crippen LogP contribution >= 0.6 is 0 Å². The van der Waals surface area contributed by atoms with Crippen LogP contribution in [0.4, 0.5) is 0 Å². The van der Waals surface area contributed by atoms with Crippen LogP contribution in [-0.2, 0) is 124 Å². The molecule has 0 saturated carbocycles. The number of amides is 6. The Morgan fingerprint density at radius 1 is 0.261 bits per heavy atom. The molecule has 6 amide bonds. The van der Waals surface area contributed by atoms with Crippen LogP contribution in [0, 0.1) is 35.5 Å². The molecule has 0 spiro atoms. The highest BCUT2D eigenvalue weighted by Gasteiger charge is 2.38. The maximum Gasteiger partial charge on any atom is 0.328 e. The third-order valence-corrected chi connectivity index (χ3v) is 24.9. The molecule has 8 heterocycles. The molecule has 0 aliphatic carbocycles. The maximum absolute atomic E-state index is 12.2. The molecular formula is C98H182N14O30. The van der Waals surface area contributed by atoms with Crippen molar-refractivity contribution in [3.8, 4) is 0 Å². The van der Waals surface area contributed by atoms with Gasteiger partial charge in [-0.25, -0.2) is 28.8 Å². The molecule has 10 unspecified atom stereocenters. The van der Waals surface area contributed by atoms with E-state index in [0.29, 0.717) is 122 Å². The first-order chi connectivity index (χ1) is 67.1. The van der Waals surface area contributed by atoms with Gasteiger partial charge in [0.1, 0.15) is 48.3 Å². The average molecular weight is 2040 g/mol. The molecule has 142 heavy (non-hydrogen) atoms. The molecule has 8 aliphatic heterocycles. The summed E-state index contributed by atoms with van der Waals surface area (Å²) in [7, 11) is 0. The Morgan fingerprint density at radius 2 is 0.458 bits per heavy atom. The molecule has 8 aliphatic rings. The number of carboxylic acid groups (broad SMARTS) is 4. The first-order valence-corrected chi connectivity index (χ1v) is 51.5. The van der Waals surface area contributed by atoms with Crippen molar-refractivity contribution < 1.29 is 144 Å². The number of nitrogens with one attached hydrogen (secondary N) is 6. The van der Waals surface area contributed by atoms with Crippen molar-refractivity contribution in [3.63, 3.8) is 0 Å². The first kappa shape index (κ1) is 132. The van der Waals surface area contributed by atoms with Gasteiger partial charge in [-0.2, -0.15) is 0 Å². The van der Waals surface area contributed by atoms with E-state index < -0.39 is 144 Å². The van der Waals surface area contributed by atoms with E-state index in [9.17, 15) is 67.1 Å². The minimum atomic E-state index is -1.05. The summed E-state index contributed by atoms with van der Waals surface area (Å²) in [5.41, 5.74) is 45.7. The van der Waals surface area contributed by atoms with Crippen LogP contribution in [0.2, 0.25) is 0 Å². The largest absolute Gasteiger partial charge is 0.480 e. The summed E-state index contributed by atoms with van der Waals surface area (Å²) >= 11 is 0. The fraction of sp³-hybridized carbons (Fsp3) is 0.857. The SMILES string of the molecule is CC(C)C[C@H](N)C(=O)N[C@@H](CC1CCCO1)C(=O)O.CC(C)[C@H](N)C(=O)N[C@@H](CC1CCCO1)C(=O)O.CCC(C)[C@H](N)C(=O)N[C@@H](CC1CCCO1)C(=O)O.CCOC(=O)[C@@H](N)CC1CCCO1.CCOC(=O)[C@H](CC1CCCO1)NC(=O)[C@@H](N)C(C)C.CCOC(=O)[C@H](CC1CCCO1)NC(=O)[C@@H](N)C(C)CC.CCOC(=O)[C@H](CC1CCCO1)NC(=O)[C@@H](N)CC(C)C.N[C@@H](CC1CCCO1)C(=O)O. The number of carboxylic acids is 4. The van der Waals surface area contributed by atoms with E-state index in [1.807, 2.05) is 83.1 Å². The lowest BCUT2D eigenvalue weighted by Gasteiger charge is -2.24. The molecule has 26 N–H and O–H groups in total. The summed E-state index contributed by atoms with van der Waals surface area (Å²) in [6.45, 7) is 36.9. The van der Waals surface area contributed by atoms with Crippen molar-refractivity contribution in [2.45, 2.75) is 424 Å². The highest BCUT2D eigenvalue weighted by molar-refractivity contribution is 5.91. The van der Waals surface area contributed by atoms with Gasteiger partial charge in [0.05, 0.1) is 112 Å². The Labute approximate surface area is 840 Å². The third kappa shape index (κ3) is 56.6. The van der Waals surface area contributed by atoms with Gasteiger partial charge in [-0.15, -0.1) is 0 Å². The van der Waals surface area contributed by atoms with Crippen LogP contribution in [0.3, 0.4) is 0 Å². The molecule has 0 aromatic carbocycles. The highest BCUT2D eigenvalue weighted by Crippen LogP contribution is 2.26. The number of rotatable bonds is 50. The van der Waals surface area contributed by atoms with Crippen molar-refractivity contribution in [1.82, 2.24) is 31.9 Å². The number of esters is 4. The molecule has 44 nitrogen and oxygen atoms in total. The summed E-state index contributed by atoms with van der Waals surface area (Å²) in [5.74, 6) is -7.12. The van der Waals surface area contributed by atoms with Gasteiger partial charge in [-0.05, 0) is 192 Å². The lowest BCUT2D eigenvalue weighted by Crippen LogP contribution is -2.51. The molecule has 0 bridgehead atoms. The number of carbonyl (C=O) groups excluding carboxylic acids is 10. The van der Waals surface area contributed by atoms with Crippen LogP contribution in [-0.4, -0.2) is 316 Å². The molecule has 8 fully saturated rings. The second-order valence-corrected chi connectivity index (χ2v) is 38.7. The fourth-order valence-corrected chi connectivity index (χ4v) is 15.8. The van der Waals surface area contributed by atoms with Crippen LogP contribution in [0.15, 0.2) is 0 Å². The lowest BCUT2D eigenvalue weighted by atomic mass is 9.98. The standard InChI is InChI=1S/2C15H28N2O4.C14H26N2O4.2C13H24N2O4.C12H22N2O4.C9H17NO3.C7H13NO3/c1-4-20-15(19)13(9-11-6-5-7-21-11)17-14(18)12(16)8-10(2)3;1-4-10(3)13(16)14(18)17-12(15(19)20-5-2)9-11-7-6-8-21-11;1-4-19-14(18)11(8-10-6-5-7-20-10)16-13(17)12(15)9(2)3;1-8(2)6-10(14)12(16)15-11(13(17)18)7-9-4-3-5-19-9;1-3-8(2)11(14)12(16)15-10(13(17)18)7-9-5-4-6-19-9;1-7(2)10(13)11(15)14-9(12(16)17)6-8-4-3-5-18-8;1-2-12-9(11)8(10)6-7-4-3-5-13-7;8-6(7(9)10)4-5-2-1-3-11-5/h2*10-13H,4-9,16H2,1-3H3,(H,17,18);9-12H,4-8,15H2,1-3H3,(H,16,17);2*8-11H,3-7,14H2,1-2H3,(H,15,16)(H,17,18);7-10H,3-6,13H2,1-2H3,(H,14,15)(H,16,17);7-8H,2-6,10H2,1H3;5-6H,1-4,8H2,(H,9,10)/t11?,12-,13-;10?,11?,12-,13-;10?,11-,12-;9?,10-,11-;8?,9?,10-,11-;8?,9-,10-;7?,8-;5?,6-/m00000000/s1. The number of hydrogen-bond acceptors (Lipinski definition) is 34. The molecule has 8 saturated heterocycles. The average Bonchev–Trinajstić information content (AvgIpc) is 1.57. The normalized spacial score (nSPS) is 22.8. The molecule has 44 heteroatoms. The number of carbonyl (C=O) groups is 14. The van der Waals surface area contributed by atoms with Crippen LogP contribution < -0.4 is 77.8 Å². The minimum Gasteiger partial charge on any atom is -0.480 e. The Kier molecular flexibility index (Phi) is 69.5. The number of nitrogens with two attached hydrogens (primary N) is 8. The minimum absolute atomic E-state index is 0.0000180. The van der Waals surface area contributed by atoms with Gasteiger partial charge in [0.2, 0.25) is 35.4 Å². The van der Waals surface area contributed by atoms with Gasteiger partial charge in [-0.3, -0.25) is 38.4 Å².